The van der Waals surface area contributed by atoms with Crippen molar-refractivity contribution in [3.63, 3.8) is 0 Å². The maximum absolute atomic E-state index is 5.81. The Labute approximate surface area is 143 Å². The third kappa shape index (κ3) is 5.08. The first-order valence-corrected chi connectivity index (χ1v) is 9.04. The predicted octanol–water partition coefficient (Wildman–Crippen LogP) is 3.49. The van der Waals surface area contributed by atoms with Crippen LogP contribution >= 0.6 is 12.2 Å². The summed E-state index contributed by atoms with van der Waals surface area (Å²) in [5.74, 6) is 1.59. The first-order chi connectivity index (χ1) is 11.3. The highest BCUT2D eigenvalue weighted by molar-refractivity contribution is 7.80. The van der Waals surface area contributed by atoms with Gasteiger partial charge in [-0.3, -0.25) is 0 Å². The summed E-state index contributed by atoms with van der Waals surface area (Å²) in [4.78, 5) is 2.30. The number of allylic oxidation sites excluding steroid dienone is 2. The van der Waals surface area contributed by atoms with Crippen LogP contribution in [0.1, 0.15) is 37.9 Å². The highest BCUT2D eigenvalue weighted by Gasteiger charge is 2.23. The van der Waals surface area contributed by atoms with Gasteiger partial charge in [-0.25, -0.2) is 0 Å². The molecule has 2 unspecified atom stereocenters. The summed E-state index contributed by atoms with van der Waals surface area (Å²) in [5.41, 5.74) is 0. The second-order valence-corrected chi connectivity index (χ2v) is 6.82. The van der Waals surface area contributed by atoms with E-state index < -0.39 is 0 Å². The summed E-state index contributed by atoms with van der Waals surface area (Å²) >= 11 is 5.65. The molecule has 4 nitrogen and oxygen atoms in total. The summed E-state index contributed by atoms with van der Waals surface area (Å²) in [7, 11) is 0. The van der Waals surface area contributed by atoms with E-state index in [4.69, 9.17) is 21.4 Å². The van der Waals surface area contributed by atoms with Crippen LogP contribution in [0.2, 0.25) is 0 Å². The van der Waals surface area contributed by atoms with Crippen molar-refractivity contribution in [2.45, 2.75) is 44.8 Å². The molecule has 0 saturated carbocycles. The highest BCUT2D eigenvalue weighted by Crippen LogP contribution is 2.21. The number of rotatable bonds is 6. The van der Waals surface area contributed by atoms with E-state index in [1.165, 1.54) is 12.8 Å². The van der Waals surface area contributed by atoms with Crippen LogP contribution in [0.3, 0.4) is 0 Å². The number of nitrogens with zero attached hydrogens (tertiary/aromatic N) is 1. The molecule has 5 heteroatoms. The molecule has 2 heterocycles. The van der Waals surface area contributed by atoms with Gasteiger partial charge in [0.15, 0.2) is 5.11 Å². The maximum atomic E-state index is 5.81. The molecule has 1 aromatic rings. The lowest BCUT2D eigenvalue weighted by Crippen LogP contribution is -2.45. The van der Waals surface area contributed by atoms with Gasteiger partial charge in [0.1, 0.15) is 5.76 Å². The summed E-state index contributed by atoms with van der Waals surface area (Å²) < 4.78 is 11.2. The molecule has 0 amide bonds. The maximum Gasteiger partial charge on any atom is 0.169 e. The minimum Gasteiger partial charge on any atom is -0.467 e. The van der Waals surface area contributed by atoms with Gasteiger partial charge in [-0.1, -0.05) is 12.2 Å². The molecule has 0 bridgehead atoms. The lowest BCUT2D eigenvalue weighted by atomic mass is 9.94. The van der Waals surface area contributed by atoms with Crippen molar-refractivity contribution in [1.82, 2.24) is 10.2 Å². The number of ether oxygens (including phenoxy) is 1. The average molecular weight is 334 g/mol. The Kier molecular flexibility index (Phi) is 6.11. The Morgan fingerprint density at radius 2 is 2.26 bits per heavy atom. The molecule has 0 spiro atoms. The molecule has 1 saturated heterocycles. The molecule has 2 atom stereocenters. The molecular weight excluding hydrogens is 308 g/mol. The Bertz CT molecular complexity index is 509. The third-order valence-corrected chi connectivity index (χ3v) is 4.99. The summed E-state index contributed by atoms with van der Waals surface area (Å²) in [6.07, 6.45) is 12.5. The molecule has 2 aliphatic rings. The van der Waals surface area contributed by atoms with Crippen LogP contribution in [0, 0.1) is 5.92 Å². The molecule has 1 N–H and O–H groups in total. The van der Waals surface area contributed by atoms with Crippen LogP contribution in [0.5, 0.6) is 0 Å². The second-order valence-electron chi connectivity index (χ2n) is 6.43. The Balaban J connectivity index is 1.55. The minimum absolute atomic E-state index is 0.317. The Morgan fingerprint density at radius 3 is 2.96 bits per heavy atom. The van der Waals surface area contributed by atoms with E-state index >= 15 is 0 Å². The van der Waals surface area contributed by atoms with E-state index in [1.54, 1.807) is 6.26 Å². The minimum atomic E-state index is 0.317. The Morgan fingerprint density at radius 1 is 1.30 bits per heavy atom. The van der Waals surface area contributed by atoms with E-state index in [-0.39, 0.29) is 0 Å². The van der Waals surface area contributed by atoms with E-state index in [9.17, 15) is 0 Å². The smallest absolute Gasteiger partial charge is 0.169 e. The fraction of sp³-hybridized carbons (Fsp3) is 0.611. The first kappa shape index (κ1) is 16.5. The second kappa shape index (κ2) is 8.50. The quantitative estimate of drug-likeness (QED) is 0.637. The molecule has 1 aliphatic heterocycles. The average Bonchev–Trinajstić information content (AvgIpc) is 3.26. The van der Waals surface area contributed by atoms with E-state index in [0.29, 0.717) is 18.6 Å². The SMILES string of the molecule is S=C(NCc1ccco1)N(CC1CC=CCC1)CC1CCCO1. The van der Waals surface area contributed by atoms with Crippen LogP contribution in [0.15, 0.2) is 35.0 Å². The van der Waals surface area contributed by atoms with Crippen molar-refractivity contribution < 1.29 is 9.15 Å². The third-order valence-electron chi connectivity index (χ3n) is 4.59. The molecule has 126 valence electrons. The normalized spacial score (nSPS) is 23.8. The predicted molar refractivity (Wildman–Crippen MR) is 95.2 cm³/mol. The van der Waals surface area contributed by atoms with Gasteiger partial charge in [-0.15, -0.1) is 0 Å². The molecule has 23 heavy (non-hydrogen) atoms. The van der Waals surface area contributed by atoms with Crippen molar-refractivity contribution in [3.8, 4) is 0 Å². The van der Waals surface area contributed by atoms with Crippen molar-refractivity contribution in [3.05, 3.63) is 36.3 Å². The number of nitrogens with one attached hydrogen (secondary N) is 1. The number of furan rings is 1. The molecule has 1 aromatic heterocycles. The van der Waals surface area contributed by atoms with Gasteiger partial charge in [0.25, 0.3) is 0 Å². The fourth-order valence-corrected chi connectivity index (χ4v) is 3.52. The van der Waals surface area contributed by atoms with Gasteiger partial charge in [0, 0.05) is 19.7 Å². The van der Waals surface area contributed by atoms with Crippen LogP contribution in [0.25, 0.3) is 0 Å². The Hall–Kier alpha value is -1.33. The van der Waals surface area contributed by atoms with Crippen LogP contribution in [-0.4, -0.2) is 35.8 Å². The van der Waals surface area contributed by atoms with Gasteiger partial charge in [0.2, 0.25) is 0 Å². The topological polar surface area (TPSA) is 37.6 Å². The fourth-order valence-electron chi connectivity index (χ4n) is 3.30. The van der Waals surface area contributed by atoms with E-state index in [2.05, 4.69) is 22.4 Å². The molecule has 1 fully saturated rings. The molecule has 1 aliphatic carbocycles. The summed E-state index contributed by atoms with van der Waals surface area (Å²) in [5, 5.41) is 4.15. The van der Waals surface area contributed by atoms with E-state index in [0.717, 1.165) is 49.8 Å². The molecule has 3 rings (SSSR count). The van der Waals surface area contributed by atoms with E-state index in [1.807, 2.05) is 12.1 Å². The zero-order valence-corrected chi connectivity index (χ0v) is 14.4. The van der Waals surface area contributed by atoms with Crippen molar-refractivity contribution >= 4 is 17.3 Å². The number of hydrogen-bond acceptors (Lipinski definition) is 3. The summed E-state index contributed by atoms with van der Waals surface area (Å²) in [6.45, 7) is 3.42. The van der Waals surface area contributed by atoms with Gasteiger partial charge in [0.05, 0.1) is 18.9 Å². The summed E-state index contributed by atoms with van der Waals surface area (Å²) in [6, 6.07) is 3.87. The first-order valence-electron chi connectivity index (χ1n) is 8.63. The van der Waals surface area contributed by atoms with Crippen LogP contribution < -0.4 is 5.32 Å². The zero-order chi connectivity index (χ0) is 15.9. The molecule has 0 radical (unpaired) electrons. The van der Waals surface area contributed by atoms with Gasteiger partial charge in [-0.05, 0) is 62.4 Å². The van der Waals surface area contributed by atoms with Crippen LogP contribution in [-0.2, 0) is 11.3 Å². The highest BCUT2D eigenvalue weighted by atomic mass is 32.1. The molecular formula is C18H26N2O2S. The number of thiocarbonyl (C=S) groups is 1. The standard InChI is InChI=1S/C18H26N2O2S/c23-18(19-12-16-8-4-10-21-16)20(14-17-9-5-11-22-17)13-15-6-2-1-3-7-15/h1-2,4,8,10,15,17H,3,5-7,9,11-14H2,(H,19,23). The zero-order valence-electron chi connectivity index (χ0n) is 13.6. The van der Waals surface area contributed by atoms with Crippen molar-refractivity contribution in [1.29, 1.82) is 0 Å². The van der Waals surface area contributed by atoms with Crippen molar-refractivity contribution in [2.75, 3.05) is 19.7 Å². The van der Waals surface area contributed by atoms with Gasteiger partial charge < -0.3 is 19.4 Å². The largest absolute Gasteiger partial charge is 0.467 e. The van der Waals surface area contributed by atoms with Crippen LogP contribution in [0.4, 0.5) is 0 Å². The lowest BCUT2D eigenvalue weighted by Gasteiger charge is -2.32. The monoisotopic (exact) mass is 334 g/mol. The molecule has 0 aromatic carbocycles. The van der Waals surface area contributed by atoms with Crippen molar-refractivity contribution in [2.24, 2.45) is 5.92 Å². The van der Waals surface area contributed by atoms with Gasteiger partial charge >= 0.3 is 0 Å². The lowest BCUT2D eigenvalue weighted by molar-refractivity contribution is 0.0873. The van der Waals surface area contributed by atoms with Gasteiger partial charge in [-0.2, -0.15) is 0 Å². The number of hydrogen-bond donors (Lipinski definition) is 1.